The third-order valence-corrected chi connectivity index (χ3v) is 5.00. The molecular formula is C23H28N4O2. The van der Waals surface area contributed by atoms with Crippen LogP contribution in [0.25, 0.3) is 0 Å². The number of carbonyl (C=O) groups is 1. The summed E-state index contributed by atoms with van der Waals surface area (Å²) in [5.41, 5.74) is 10.2. The summed E-state index contributed by atoms with van der Waals surface area (Å²) < 4.78 is 7.60. The average molecular weight is 393 g/mol. The Morgan fingerprint density at radius 2 is 1.86 bits per heavy atom. The van der Waals surface area contributed by atoms with Crippen LogP contribution >= 0.6 is 0 Å². The van der Waals surface area contributed by atoms with Crippen molar-refractivity contribution in [1.82, 2.24) is 9.99 Å². The van der Waals surface area contributed by atoms with Crippen LogP contribution in [0.1, 0.15) is 39.4 Å². The highest BCUT2D eigenvalue weighted by Crippen LogP contribution is 2.21. The monoisotopic (exact) mass is 392 g/mol. The van der Waals surface area contributed by atoms with E-state index in [0.717, 1.165) is 39.5 Å². The largest absolute Gasteiger partial charge is 0.467 e. The molecule has 152 valence electrons. The molecule has 2 heterocycles. The van der Waals surface area contributed by atoms with Crippen molar-refractivity contribution < 1.29 is 9.21 Å². The lowest BCUT2D eigenvalue weighted by molar-refractivity contribution is -0.119. The molecule has 6 heteroatoms. The third kappa shape index (κ3) is 4.96. The Kier molecular flexibility index (Phi) is 6.22. The van der Waals surface area contributed by atoms with Crippen molar-refractivity contribution in [2.24, 2.45) is 5.10 Å². The van der Waals surface area contributed by atoms with Crippen LogP contribution in [0.15, 0.2) is 46.1 Å². The smallest absolute Gasteiger partial charge is 0.259 e. The molecule has 0 saturated carbocycles. The maximum absolute atomic E-state index is 12.2. The van der Waals surface area contributed by atoms with E-state index >= 15 is 0 Å². The number of aromatic nitrogens is 1. The van der Waals surface area contributed by atoms with E-state index in [1.165, 1.54) is 5.56 Å². The molecule has 1 amide bonds. The number of nitrogens with one attached hydrogen (secondary N) is 2. The Balaban J connectivity index is 1.58. The normalized spacial score (nSPS) is 11.2. The second kappa shape index (κ2) is 8.82. The predicted octanol–water partition coefficient (Wildman–Crippen LogP) is 4.23. The summed E-state index contributed by atoms with van der Waals surface area (Å²) in [5, 5.41) is 7.33. The number of rotatable bonds is 7. The van der Waals surface area contributed by atoms with Crippen LogP contribution in [0, 0.1) is 34.6 Å². The number of amides is 1. The molecule has 1 aromatic carbocycles. The van der Waals surface area contributed by atoms with Gasteiger partial charge in [-0.15, -0.1) is 0 Å². The van der Waals surface area contributed by atoms with Crippen LogP contribution in [-0.4, -0.2) is 23.2 Å². The number of aryl methyl sites for hydroxylation is 4. The fraction of sp³-hybridized carbons (Fsp3) is 0.304. The molecule has 2 aromatic heterocycles. The van der Waals surface area contributed by atoms with Crippen molar-refractivity contribution in [3.8, 4) is 0 Å². The topological polar surface area (TPSA) is 71.6 Å². The molecule has 0 saturated heterocycles. The fourth-order valence-electron chi connectivity index (χ4n) is 3.60. The number of carbonyl (C=O) groups excluding carboxylic acids is 1. The molecule has 0 fully saturated rings. The van der Waals surface area contributed by atoms with Gasteiger partial charge in [0.05, 0.1) is 25.6 Å². The van der Waals surface area contributed by atoms with Gasteiger partial charge in [-0.3, -0.25) is 4.79 Å². The number of furan rings is 1. The quantitative estimate of drug-likeness (QED) is 0.467. The highest BCUT2D eigenvalue weighted by Gasteiger charge is 2.10. The molecule has 0 aliphatic carbocycles. The Bertz CT molecular complexity index is 1010. The molecule has 0 bridgehead atoms. The van der Waals surface area contributed by atoms with Crippen molar-refractivity contribution in [2.75, 3.05) is 11.9 Å². The van der Waals surface area contributed by atoms with Crippen molar-refractivity contribution >= 4 is 17.8 Å². The molecule has 0 spiro atoms. The Morgan fingerprint density at radius 1 is 1.14 bits per heavy atom. The van der Waals surface area contributed by atoms with Gasteiger partial charge in [-0.2, -0.15) is 5.10 Å². The summed E-state index contributed by atoms with van der Waals surface area (Å²) in [4.78, 5) is 12.2. The highest BCUT2D eigenvalue weighted by molar-refractivity contribution is 5.85. The van der Waals surface area contributed by atoms with Crippen LogP contribution in [0.2, 0.25) is 0 Å². The molecule has 0 radical (unpaired) electrons. The summed E-state index contributed by atoms with van der Waals surface area (Å²) >= 11 is 0. The number of hydrazone groups is 1. The van der Waals surface area contributed by atoms with Gasteiger partial charge < -0.3 is 14.3 Å². The number of hydrogen-bond donors (Lipinski definition) is 2. The first kappa shape index (κ1) is 20.5. The summed E-state index contributed by atoms with van der Waals surface area (Å²) in [6.07, 6.45) is 3.36. The highest BCUT2D eigenvalue weighted by atomic mass is 16.3. The van der Waals surface area contributed by atoms with Crippen LogP contribution in [0.3, 0.4) is 0 Å². The van der Waals surface area contributed by atoms with Crippen molar-refractivity contribution in [2.45, 2.75) is 41.2 Å². The van der Waals surface area contributed by atoms with Crippen LogP contribution in [0.5, 0.6) is 0 Å². The van der Waals surface area contributed by atoms with Crippen LogP contribution in [0.4, 0.5) is 5.69 Å². The Morgan fingerprint density at radius 3 is 2.52 bits per heavy atom. The van der Waals surface area contributed by atoms with E-state index in [9.17, 15) is 4.79 Å². The minimum absolute atomic E-state index is 0.166. The molecule has 0 atom stereocenters. The van der Waals surface area contributed by atoms with Crippen molar-refractivity contribution in [1.29, 1.82) is 0 Å². The van der Waals surface area contributed by atoms with Crippen molar-refractivity contribution in [3.63, 3.8) is 0 Å². The maximum Gasteiger partial charge on any atom is 0.259 e. The molecular weight excluding hydrogens is 364 g/mol. The second-order valence-electron chi connectivity index (χ2n) is 7.41. The zero-order chi connectivity index (χ0) is 21.0. The van der Waals surface area contributed by atoms with Crippen molar-refractivity contribution in [3.05, 3.63) is 76.0 Å². The molecule has 0 aliphatic heterocycles. The molecule has 3 rings (SSSR count). The third-order valence-electron chi connectivity index (χ3n) is 5.00. The van der Waals surface area contributed by atoms with Gasteiger partial charge in [0.15, 0.2) is 0 Å². The zero-order valence-corrected chi connectivity index (χ0v) is 17.7. The summed E-state index contributed by atoms with van der Waals surface area (Å²) in [6.45, 7) is 11.1. The molecule has 3 aromatic rings. The lowest BCUT2D eigenvalue weighted by Crippen LogP contribution is -2.26. The first-order chi connectivity index (χ1) is 13.8. The van der Waals surface area contributed by atoms with Gasteiger partial charge >= 0.3 is 0 Å². The predicted molar refractivity (Wildman–Crippen MR) is 117 cm³/mol. The van der Waals surface area contributed by atoms with Gasteiger partial charge in [0.1, 0.15) is 5.76 Å². The Labute approximate surface area is 171 Å². The Hall–Kier alpha value is -3.28. The van der Waals surface area contributed by atoms with Gasteiger partial charge in [0.2, 0.25) is 0 Å². The van der Waals surface area contributed by atoms with E-state index in [4.69, 9.17) is 4.42 Å². The van der Waals surface area contributed by atoms with Crippen LogP contribution in [-0.2, 0) is 11.3 Å². The molecule has 29 heavy (non-hydrogen) atoms. The van der Waals surface area contributed by atoms with Gasteiger partial charge in [-0.05, 0) is 63.9 Å². The average Bonchev–Trinajstić information content (AvgIpc) is 3.25. The second-order valence-corrected chi connectivity index (χ2v) is 7.41. The van der Waals surface area contributed by atoms with E-state index < -0.39 is 0 Å². The molecule has 2 N–H and O–H groups in total. The number of benzene rings is 1. The number of hydrogen-bond acceptors (Lipinski definition) is 4. The first-order valence-electron chi connectivity index (χ1n) is 9.68. The van der Waals surface area contributed by atoms with E-state index in [-0.39, 0.29) is 12.5 Å². The standard InChI is InChI=1S/C23H28N4O2/c1-15-9-16(2)23(17(3)10-15)24-13-22(28)26-25-12-20-11-18(4)27(19(20)5)14-21-7-6-8-29-21/h6-12,24H,13-14H2,1-5H3,(H,26,28)/b25-12-. The van der Waals surface area contributed by atoms with Gasteiger partial charge in [0, 0.05) is 22.6 Å². The van der Waals surface area contributed by atoms with E-state index in [0.29, 0.717) is 6.54 Å². The van der Waals surface area contributed by atoms with Gasteiger partial charge in [-0.1, -0.05) is 17.7 Å². The SMILES string of the molecule is Cc1cc(C)c(NCC(=O)N/N=C\c2cc(C)n(Cc3ccco3)c2C)c(C)c1. The van der Waals surface area contributed by atoms with E-state index in [1.54, 1.807) is 12.5 Å². The molecule has 0 aliphatic rings. The molecule has 6 nitrogen and oxygen atoms in total. The van der Waals surface area contributed by atoms with Gasteiger partial charge in [0.25, 0.3) is 5.91 Å². The summed E-state index contributed by atoms with van der Waals surface area (Å²) in [7, 11) is 0. The maximum atomic E-state index is 12.2. The minimum atomic E-state index is -0.190. The lowest BCUT2D eigenvalue weighted by atomic mass is 10.1. The lowest BCUT2D eigenvalue weighted by Gasteiger charge is -2.13. The van der Waals surface area contributed by atoms with E-state index in [1.807, 2.05) is 45.9 Å². The summed E-state index contributed by atoms with van der Waals surface area (Å²) in [5.74, 6) is 0.710. The minimum Gasteiger partial charge on any atom is -0.467 e. The summed E-state index contributed by atoms with van der Waals surface area (Å²) in [6, 6.07) is 10.1. The first-order valence-corrected chi connectivity index (χ1v) is 9.68. The van der Waals surface area contributed by atoms with Gasteiger partial charge in [-0.25, -0.2) is 5.43 Å². The molecule has 0 unspecified atom stereocenters. The van der Waals surface area contributed by atoms with Crippen LogP contribution < -0.4 is 10.7 Å². The number of nitrogens with zero attached hydrogens (tertiary/aromatic N) is 2. The zero-order valence-electron chi connectivity index (χ0n) is 17.7. The number of anilines is 1. The fourth-order valence-corrected chi connectivity index (χ4v) is 3.60. The van der Waals surface area contributed by atoms with E-state index in [2.05, 4.69) is 39.5 Å².